The van der Waals surface area contributed by atoms with Crippen molar-refractivity contribution < 1.29 is 12.8 Å². The van der Waals surface area contributed by atoms with Crippen LogP contribution in [0.15, 0.2) is 46.7 Å². The third kappa shape index (κ3) is 4.63. The minimum absolute atomic E-state index is 0.110. The summed E-state index contributed by atoms with van der Waals surface area (Å²) in [7, 11) is -3.56. The lowest BCUT2D eigenvalue weighted by molar-refractivity contribution is 0.180. The summed E-state index contributed by atoms with van der Waals surface area (Å²) in [5, 5.41) is 2.09. The maximum atomic E-state index is 12.9. The van der Waals surface area contributed by atoms with Crippen LogP contribution in [0.1, 0.15) is 17.7 Å². The van der Waals surface area contributed by atoms with Gasteiger partial charge in [0.15, 0.2) is 0 Å². The molecule has 0 atom stereocenters. The molecule has 0 radical (unpaired) electrons. The van der Waals surface area contributed by atoms with Crippen LogP contribution >= 0.6 is 11.3 Å². The highest BCUT2D eigenvalue weighted by atomic mass is 32.2. The second-order valence-corrected chi connectivity index (χ2v) is 8.90. The zero-order valence-corrected chi connectivity index (χ0v) is 15.0. The van der Waals surface area contributed by atoms with Gasteiger partial charge in [-0.25, -0.2) is 17.5 Å². The van der Waals surface area contributed by atoms with E-state index in [-0.39, 0.29) is 4.90 Å². The first-order chi connectivity index (χ1) is 11.5. The van der Waals surface area contributed by atoms with Gasteiger partial charge in [0, 0.05) is 18.0 Å². The zero-order chi connectivity index (χ0) is 17.0. The van der Waals surface area contributed by atoms with Crippen molar-refractivity contribution in [2.45, 2.75) is 24.3 Å². The smallest absolute Gasteiger partial charge is 0.240 e. The topological polar surface area (TPSA) is 49.4 Å². The molecule has 0 bridgehead atoms. The van der Waals surface area contributed by atoms with Crippen LogP contribution in [-0.2, 0) is 16.6 Å². The van der Waals surface area contributed by atoms with Crippen LogP contribution in [-0.4, -0.2) is 33.0 Å². The maximum absolute atomic E-state index is 12.9. The van der Waals surface area contributed by atoms with Gasteiger partial charge in [-0.05, 0) is 67.6 Å². The molecular formula is C17H21FN2O2S2. The first-order valence-electron chi connectivity index (χ1n) is 8.03. The van der Waals surface area contributed by atoms with Gasteiger partial charge in [0.1, 0.15) is 5.82 Å². The average molecular weight is 368 g/mol. The molecule has 2 aromatic rings. The molecule has 1 aliphatic rings. The third-order valence-electron chi connectivity index (χ3n) is 4.35. The van der Waals surface area contributed by atoms with E-state index in [1.54, 1.807) is 11.3 Å². The molecule has 24 heavy (non-hydrogen) atoms. The van der Waals surface area contributed by atoms with Crippen molar-refractivity contribution in [2.24, 2.45) is 5.92 Å². The van der Waals surface area contributed by atoms with Crippen molar-refractivity contribution in [1.82, 2.24) is 9.62 Å². The van der Waals surface area contributed by atoms with Crippen molar-refractivity contribution in [3.05, 3.63) is 52.5 Å². The first kappa shape index (κ1) is 17.5. The molecule has 4 nitrogen and oxygen atoms in total. The molecule has 1 N–H and O–H groups in total. The van der Waals surface area contributed by atoms with Gasteiger partial charge in [-0.2, -0.15) is 0 Å². The zero-order valence-electron chi connectivity index (χ0n) is 13.3. The number of halogens is 1. The number of benzene rings is 1. The number of sulfonamides is 1. The van der Waals surface area contributed by atoms with Crippen LogP contribution < -0.4 is 4.72 Å². The lowest BCUT2D eigenvalue weighted by Crippen LogP contribution is -2.38. The summed E-state index contributed by atoms with van der Waals surface area (Å²) in [6.07, 6.45) is 1.97. The van der Waals surface area contributed by atoms with E-state index in [1.165, 1.54) is 17.0 Å². The Bertz CT molecular complexity index is 737. The Morgan fingerprint density at radius 3 is 2.50 bits per heavy atom. The fourth-order valence-corrected chi connectivity index (χ4v) is 4.76. The van der Waals surface area contributed by atoms with Gasteiger partial charge in [0.05, 0.1) is 4.90 Å². The predicted octanol–water partition coefficient (Wildman–Crippen LogP) is 3.08. The summed E-state index contributed by atoms with van der Waals surface area (Å²) < 4.78 is 40.0. The normalized spacial score (nSPS) is 17.2. The van der Waals surface area contributed by atoms with Gasteiger partial charge < -0.3 is 0 Å². The summed E-state index contributed by atoms with van der Waals surface area (Å²) in [4.78, 5) is 3.89. The number of hydrogen-bond acceptors (Lipinski definition) is 4. The van der Waals surface area contributed by atoms with Crippen LogP contribution in [0.5, 0.6) is 0 Å². The molecule has 1 aromatic heterocycles. The Balaban J connectivity index is 1.47. The molecule has 1 saturated heterocycles. The molecule has 0 saturated carbocycles. The highest BCUT2D eigenvalue weighted by molar-refractivity contribution is 7.89. The van der Waals surface area contributed by atoms with Crippen LogP contribution in [0.2, 0.25) is 0 Å². The molecule has 3 rings (SSSR count). The SMILES string of the molecule is O=S(=O)(NCC1CCN(Cc2cccs2)CC1)c1ccc(F)cc1. The summed E-state index contributed by atoms with van der Waals surface area (Å²) >= 11 is 1.77. The van der Waals surface area contributed by atoms with Gasteiger partial charge in [-0.1, -0.05) is 6.07 Å². The highest BCUT2D eigenvalue weighted by Gasteiger charge is 2.22. The van der Waals surface area contributed by atoms with E-state index >= 15 is 0 Å². The van der Waals surface area contributed by atoms with Gasteiger partial charge in [-0.3, -0.25) is 4.90 Å². The Kier molecular flexibility index (Phi) is 5.65. The predicted molar refractivity (Wildman–Crippen MR) is 93.9 cm³/mol. The van der Waals surface area contributed by atoms with Crippen molar-refractivity contribution in [1.29, 1.82) is 0 Å². The summed E-state index contributed by atoms with van der Waals surface area (Å²) in [6, 6.07) is 9.13. The molecule has 0 spiro atoms. The van der Waals surface area contributed by atoms with Gasteiger partial charge >= 0.3 is 0 Å². The third-order valence-corrected chi connectivity index (χ3v) is 6.65. The number of nitrogens with zero attached hydrogens (tertiary/aromatic N) is 1. The number of piperidine rings is 1. The van der Waals surface area contributed by atoms with E-state index in [0.717, 1.165) is 44.6 Å². The summed E-state index contributed by atoms with van der Waals surface area (Å²) in [6.45, 7) is 3.39. The van der Waals surface area contributed by atoms with E-state index in [4.69, 9.17) is 0 Å². The molecule has 0 amide bonds. The van der Waals surface area contributed by atoms with Crippen molar-refractivity contribution >= 4 is 21.4 Å². The molecule has 2 heterocycles. The van der Waals surface area contributed by atoms with Crippen molar-refractivity contribution in [3.63, 3.8) is 0 Å². The minimum atomic E-state index is -3.56. The van der Waals surface area contributed by atoms with E-state index < -0.39 is 15.8 Å². The molecule has 130 valence electrons. The monoisotopic (exact) mass is 368 g/mol. The van der Waals surface area contributed by atoms with Crippen molar-refractivity contribution in [3.8, 4) is 0 Å². The largest absolute Gasteiger partial charge is 0.298 e. The number of nitrogens with one attached hydrogen (secondary N) is 1. The number of hydrogen-bond donors (Lipinski definition) is 1. The lowest BCUT2D eigenvalue weighted by atomic mass is 9.97. The van der Waals surface area contributed by atoms with E-state index in [1.807, 2.05) is 0 Å². The minimum Gasteiger partial charge on any atom is -0.298 e. The molecule has 1 aromatic carbocycles. The van der Waals surface area contributed by atoms with Gasteiger partial charge in [-0.15, -0.1) is 11.3 Å². The van der Waals surface area contributed by atoms with Crippen LogP contribution in [0.25, 0.3) is 0 Å². The van der Waals surface area contributed by atoms with Crippen LogP contribution in [0.4, 0.5) is 4.39 Å². The molecule has 0 aliphatic carbocycles. The highest BCUT2D eigenvalue weighted by Crippen LogP contribution is 2.21. The van der Waals surface area contributed by atoms with Gasteiger partial charge in [0.2, 0.25) is 10.0 Å². The standard InChI is InChI=1S/C17H21FN2O2S2/c18-15-3-5-17(6-4-15)24(21,22)19-12-14-7-9-20(10-8-14)13-16-2-1-11-23-16/h1-6,11,14,19H,7-10,12-13H2. The Morgan fingerprint density at radius 2 is 1.88 bits per heavy atom. The van der Waals surface area contributed by atoms with E-state index in [0.29, 0.717) is 12.5 Å². The number of rotatable bonds is 6. The second-order valence-electron chi connectivity index (χ2n) is 6.10. The Hall–Kier alpha value is -1.28. The quantitative estimate of drug-likeness (QED) is 0.852. The summed E-state index contributed by atoms with van der Waals surface area (Å²) in [5.74, 6) is -0.0909. The molecule has 0 unspecified atom stereocenters. The first-order valence-corrected chi connectivity index (χ1v) is 10.4. The Labute approximate surface area is 146 Å². The molecule has 1 fully saturated rings. The number of likely N-dealkylation sites (tertiary alicyclic amines) is 1. The van der Waals surface area contributed by atoms with E-state index in [9.17, 15) is 12.8 Å². The van der Waals surface area contributed by atoms with Gasteiger partial charge in [0.25, 0.3) is 0 Å². The van der Waals surface area contributed by atoms with Crippen LogP contribution in [0, 0.1) is 11.7 Å². The van der Waals surface area contributed by atoms with Crippen LogP contribution in [0.3, 0.4) is 0 Å². The molecule has 1 aliphatic heterocycles. The van der Waals surface area contributed by atoms with Crippen molar-refractivity contribution in [2.75, 3.05) is 19.6 Å². The fraction of sp³-hybridized carbons (Fsp3) is 0.412. The average Bonchev–Trinajstić information content (AvgIpc) is 3.08. The molecule has 7 heteroatoms. The number of thiophene rings is 1. The fourth-order valence-electron chi connectivity index (χ4n) is 2.90. The summed E-state index contributed by atoms with van der Waals surface area (Å²) in [5.41, 5.74) is 0. The second kappa shape index (κ2) is 7.74. The molecular weight excluding hydrogens is 347 g/mol. The van der Waals surface area contributed by atoms with E-state index in [2.05, 4.69) is 27.1 Å². The lowest BCUT2D eigenvalue weighted by Gasteiger charge is -2.31. The maximum Gasteiger partial charge on any atom is 0.240 e. The Morgan fingerprint density at radius 1 is 1.17 bits per heavy atom.